The normalized spacial score (nSPS) is 11.1. The first-order valence-corrected chi connectivity index (χ1v) is 7.93. The van der Waals surface area contributed by atoms with Crippen molar-refractivity contribution in [1.82, 2.24) is 10.6 Å². The van der Waals surface area contributed by atoms with E-state index in [0.29, 0.717) is 6.04 Å². The van der Waals surface area contributed by atoms with Gasteiger partial charge < -0.3 is 10.6 Å². The van der Waals surface area contributed by atoms with Gasteiger partial charge in [-0.25, -0.2) is 0 Å². The van der Waals surface area contributed by atoms with E-state index in [1.807, 2.05) is 11.8 Å². The summed E-state index contributed by atoms with van der Waals surface area (Å²) in [5.74, 6) is 2.02. The summed E-state index contributed by atoms with van der Waals surface area (Å²) < 4.78 is 0. The van der Waals surface area contributed by atoms with Crippen LogP contribution in [0.1, 0.15) is 27.2 Å². The van der Waals surface area contributed by atoms with Crippen LogP contribution in [0.2, 0.25) is 0 Å². The van der Waals surface area contributed by atoms with Gasteiger partial charge in [0.2, 0.25) is 0 Å². The van der Waals surface area contributed by atoms with Crippen LogP contribution in [0.25, 0.3) is 0 Å². The standard InChI is InChI=1S/C15H25N3S.HI/c1-4-16-15(18-13(2)3)17-11-8-12-19-14-9-6-5-7-10-14;/h5-7,9-10,13H,4,8,11-12H2,1-3H3,(H2,16,17,18);1H. The molecule has 2 N–H and O–H groups in total. The van der Waals surface area contributed by atoms with Crippen molar-refractivity contribution in [2.24, 2.45) is 4.99 Å². The molecule has 0 saturated carbocycles. The number of hydrogen-bond acceptors (Lipinski definition) is 2. The molecule has 0 atom stereocenters. The van der Waals surface area contributed by atoms with Gasteiger partial charge in [0, 0.05) is 24.0 Å². The molecule has 1 rings (SSSR count). The molecule has 114 valence electrons. The molecular formula is C15H26IN3S. The van der Waals surface area contributed by atoms with E-state index in [1.54, 1.807) is 0 Å². The van der Waals surface area contributed by atoms with Gasteiger partial charge in [0.25, 0.3) is 0 Å². The van der Waals surface area contributed by atoms with Crippen LogP contribution in [-0.2, 0) is 0 Å². The fourth-order valence-electron chi connectivity index (χ4n) is 1.56. The summed E-state index contributed by atoms with van der Waals surface area (Å²) in [6.07, 6.45) is 1.09. The SMILES string of the molecule is CCNC(=NCCCSc1ccccc1)NC(C)C.I. The van der Waals surface area contributed by atoms with Gasteiger partial charge in [0.1, 0.15) is 0 Å². The Kier molecular flexibility index (Phi) is 12.1. The van der Waals surface area contributed by atoms with Crippen LogP contribution in [0.5, 0.6) is 0 Å². The van der Waals surface area contributed by atoms with Crippen molar-refractivity contribution in [1.29, 1.82) is 0 Å². The summed E-state index contributed by atoms with van der Waals surface area (Å²) in [6, 6.07) is 10.9. The number of aliphatic imine (C=N–C) groups is 1. The molecule has 5 heteroatoms. The predicted octanol–water partition coefficient (Wildman–Crippen LogP) is 3.75. The molecule has 20 heavy (non-hydrogen) atoms. The second kappa shape index (κ2) is 12.3. The van der Waals surface area contributed by atoms with Gasteiger partial charge in [-0.1, -0.05) is 18.2 Å². The predicted molar refractivity (Wildman–Crippen MR) is 101 cm³/mol. The maximum Gasteiger partial charge on any atom is 0.191 e. The first-order valence-electron chi connectivity index (χ1n) is 6.95. The first kappa shape index (κ1) is 19.6. The average molecular weight is 407 g/mol. The van der Waals surface area contributed by atoms with Gasteiger partial charge >= 0.3 is 0 Å². The smallest absolute Gasteiger partial charge is 0.191 e. The number of thioether (sulfide) groups is 1. The highest BCUT2D eigenvalue weighted by Gasteiger charge is 1.98. The van der Waals surface area contributed by atoms with Crippen molar-refractivity contribution >= 4 is 41.7 Å². The molecule has 0 bridgehead atoms. The molecule has 0 radical (unpaired) electrons. The summed E-state index contributed by atoms with van der Waals surface area (Å²) in [7, 11) is 0. The van der Waals surface area contributed by atoms with Crippen LogP contribution >= 0.6 is 35.7 Å². The minimum absolute atomic E-state index is 0. The maximum absolute atomic E-state index is 4.57. The molecule has 0 aliphatic carbocycles. The molecule has 0 aromatic heterocycles. The van der Waals surface area contributed by atoms with Crippen molar-refractivity contribution in [2.75, 3.05) is 18.8 Å². The van der Waals surface area contributed by atoms with Gasteiger partial charge in [0.15, 0.2) is 5.96 Å². The average Bonchev–Trinajstić information content (AvgIpc) is 2.39. The second-order valence-corrected chi connectivity index (χ2v) is 5.74. The van der Waals surface area contributed by atoms with Crippen LogP contribution in [0, 0.1) is 0 Å². The van der Waals surface area contributed by atoms with Crippen LogP contribution in [0.4, 0.5) is 0 Å². The van der Waals surface area contributed by atoms with Crippen LogP contribution in [-0.4, -0.2) is 30.8 Å². The molecule has 0 aliphatic heterocycles. The summed E-state index contributed by atoms with van der Waals surface area (Å²) in [5, 5.41) is 6.58. The Bertz CT molecular complexity index is 369. The number of hydrogen-bond donors (Lipinski definition) is 2. The minimum atomic E-state index is 0. The van der Waals surface area contributed by atoms with E-state index in [2.05, 4.69) is 66.7 Å². The first-order chi connectivity index (χ1) is 9.22. The van der Waals surface area contributed by atoms with Crippen LogP contribution in [0.15, 0.2) is 40.2 Å². The lowest BCUT2D eigenvalue weighted by Crippen LogP contribution is -2.41. The van der Waals surface area contributed by atoms with E-state index in [9.17, 15) is 0 Å². The molecule has 0 saturated heterocycles. The van der Waals surface area contributed by atoms with E-state index < -0.39 is 0 Å². The Morgan fingerprint density at radius 3 is 2.55 bits per heavy atom. The zero-order valence-electron chi connectivity index (χ0n) is 12.6. The van der Waals surface area contributed by atoms with Crippen LogP contribution < -0.4 is 10.6 Å². The van der Waals surface area contributed by atoms with Gasteiger partial charge in [-0.15, -0.1) is 35.7 Å². The monoisotopic (exact) mass is 407 g/mol. The van der Waals surface area contributed by atoms with E-state index in [0.717, 1.165) is 31.2 Å². The largest absolute Gasteiger partial charge is 0.357 e. The quantitative estimate of drug-likeness (QED) is 0.238. The number of guanidine groups is 1. The summed E-state index contributed by atoms with van der Waals surface area (Å²) in [5.41, 5.74) is 0. The van der Waals surface area contributed by atoms with Crippen molar-refractivity contribution < 1.29 is 0 Å². The molecule has 3 nitrogen and oxygen atoms in total. The lowest BCUT2D eigenvalue weighted by atomic mass is 10.4. The molecule has 0 heterocycles. The van der Waals surface area contributed by atoms with Gasteiger partial charge in [-0.3, -0.25) is 4.99 Å². The number of benzene rings is 1. The second-order valence-electron chi connectivity index (χ2n) is 4.57. The molecule has 1 aromatic rings. The Labute approximate surface area is 144 Å². The van der Waals surface area contributed by atoms with Gasteiger partial charge in [-0.2, -0.15) is 0 Å². The van der Waals surface area contributed by atoms with Crippen molar-refractivity contribution in [3.8, 4) is 0 Å². The summed E-state index contributed by atoms with van der Waals surface area (Å²) in [6.45, 7) is 8.10. The van der Waals surface area contributed by atoms with Crippen molar-refractivity contribution in [2.45, 2.75) is 38.1 Å². The molecule has 0 fully saturated rings. The molecule has 1 aromatic carbocycles. The van der Waals surface area contributed by atoms with Gasteiger partial charge in [-0.05, 0) is 45.1 Å². The van der Waals surface area contributed by atoms with Gasteiger partial charge in [0.05, 0.1) is 0 Å². The minimum Gasteiger partial charge on any atom is -0.357 e. The maximum atomic E-state index is 4.57. The third kappa shape index (κ3) is 9.47. The number of halogens is 1. The number of nitrogens with zero attached hydrogens (tertiary/aromatic N) is 1. The van der Waals surface area contributed by atoms with E-state index in [4.69, 9.17) is 0 Å². The fraction of sp³-hybridized carbons (Fsp3) is 0.533. The Hall–Kier alpha value is -0.430. The topological polar surface area (TPSA) is 36.4 Å². The highest BCUT2D eigenvalue weighted by Crippen LogP contribution is 2.17. The number of rotatable bonds is 7. The number of nitrogens with one attached hydrogen (secondary N) is 2. The molecule has 0 aliphatic rings. The van der Waals surface area contributed by atoms with Crippen molar-refractivity contribution in [3.05, 3.63) is 30.3 Å². The highest BCUT2D eigenvalue weighted by atomic mass is 127. The Balaban J connectivity index is 0.00000361. The molecule has 0 amide bonds. The Morgan fingerprint density at radius 2 is 1.95 bits per heavy atom. The third-order valence-corrected chi connectivity index (χ3v) is 3.45. The molecule has 0 spiro atoms. The van der Waals surface area contributed by atoms with E-state index in [-0.39, 0.29) is 24.0 Å². The van der Waals surface area contributed by atoms with E-state index in [1.165, 1.54) is 4.90 Å². The Morgan fingerprint density at radius 1 is 1.25 bits per heavy atom. The third-order valence-electron chi connectivity index (χ3n) is 2.35. The molecular weight excluding hydrogens is 381 g/mol. The lowest BCUT2D eigenvalue weighted by molar-refractivity contribution is 0.699. The lowest BCUT2D eigenvalue weighted by Gasteiger charge is -2.13. The fourth-order valence-corrected chi connectivity index (χ4v) is 2.41. The van der Waals surface area contributed by atoms with Crippen LogP contribution in [0.3, 0.4) is 0 Å². The summed E-state index contributed by atoms with van der Waals surface area (Å²) in [4.78, 5) is 5.90. The highest BCUT2D eigenvalue weighted by molar-refractivity contribution is 14.0. The van der Waals surface area contributed by atoms with E-state index >= 15 is 0 Å². The van der Waals surface area contributed by atoms with Crippen molar-refractivity contribution in [3.63, 3.8) is 0 Å². The summed E-state index contributed by atoms with van der Waals surface area (Å²) >= 11 is 1.89. The zero-order valence-corrected chi connectivity index (χ0v) is 15.7. The molecule has 0 unspecified atom stereocenters. The zero-order chi connectivity index (χ0) is 13.9.